The van der Waals surface area contributed by atoms with Crippen molar-refractivity contribution in [3.05, 3.63) is 12.1 Å². The summed E-state index contributed by atoms with van der Waals surface area (Å²) in [6.07, 6.45) is 0.614. The number of nitrogens with two attached hydrogens (primary N) is 1. The van der Waals surface area contributed by atoms with Crippen LogP contribution in [0.4, 0.5) is 17.1 Å². The molecule has 0 aliphatic carbocycles. The highest BCUT2D eigenvalue weighted by molar-refractivity contribution is 5.97. The normalized spacial score (nSPS) is 15.7. The van der Waals surface area contributed by atoms with Crippen LogP contribution in [0.5, 0.6) is 5.75 Å². The lowest BCUT2D eigenvalue weighted by Gasteiger charge is -2.33. The number of anilines is 3. The summed E-state index contributed by atoms with van der Waals surface area (Å²) in [6.45, 7) is 6.40. The Bertz CT molecular complexity index is 538. The quantitative estimate of drug-likeness (QED) is 0.635. The summed E-state index contributed by atoms with van der Waals surface area (Å²) in [7, 11) is 0. The third-order valence-electron chi connectivity index (χ3n) is 3.58. The number of rotatable bonds is 4. The fourth-order valence-electron chi connectivity index (χ4n) is 2.31. The van der Waals surface area contributed by atoms with Crippen molar-refractivity contribution in [3.8, 4) is 5.75 Å². The van der Waals surface area contributed by atoms with Gasteiger partial charge in [0.15, 0.2) is 6.61 Å². The smallest absolute Gasteiger partial charge is 0.262 e. The van der Waals surface area contributed by atoms with Crippen molar-refractivity contribution in [1.82, 2.24) is 0 Å². The molecule has 1 atom stereocenters. The number of nitrogens with one attached hydrogen (secondary N) is 2. The van der Waals surface area contributed by atoms with Crippen LogP contribution < -0.4 is 21.1 Å². The van der Waals surface area contributed by atoms with Gasteiger partial charge in [0, 0.05) is 18.7 Å². The summed E-state index contributed by atoms with van der Waals surface area (Å²) in [5.41, 5.74) is 7.91. The van der Waals surface area contributed by atoms with Crippen LogP contribution in [0.1, 0.15) is 27.2 Å². The molecular formula is C15H23N3O3. The summed E-state index contributed by atoms with van der Waals surface area (Å²) in [4.78, 5) is 11.4. The third-order valence-corrected chi connectivity index (χ3v) is 3.58. The molecule has 21 heavy (non-hydrogen) atoms. The Kier molecular flexibility index (Phi) is 4.27. The van der Waals surface area contributed by atoms with Crippen molar-refractivity contribution in [2.45, 2.75) is 33.2 Å². The first-order valence-corrected chi connectivity index (χ1v) is 7.05. The minimum atomic E-state index is -0.180. The maximum absolute atomic E-state index is 11.4. The molecule has 6 nitrogen and oxygen atoms in total. The predicted molar refractivity (Wildman–Crippen MR) is 83.5 cm³/mol. The minimum Gasteiger partial charge on any atom is -0.482 e. The first-order chi connectivity index (χ1) is 9.81. The standard InChI is InChI=1S/C15H23N3O3/c1-15(2,3)13(4-5-19)17-10-7-11-12(6-9(10)16)21-8-14(20)18-11/h6-7,13,17,19H,4-5,8,16H2,1-3H3,(H,18,20). The molecule has 1 amide bonds. The molecule has 0 bridgehead atoms. The van der Waals surface area contributed by atoms with Crippen LogP contribution in [0.3, 0.4) is 0 Å². The molecule has 1 aromatic carbocycles. The van der Waals surface area contributed by atoms with Gasteiger partial charge in [-0.05, 0) is 17.9 Å². The molecule has 2 rings (SSSR count). The Morgan fingerprint density at radius 1 is 1.48 bits per heavy atom. The second-order valence-corrected chi connectivity index (χ2v) is 6.35. The van der Waals surface area contributed by atoms with E-state index in [-0.39, 0.29) is 30.6 Å². The Hall–Kier alpha value is -1.95. The van der Waals surface area contributed by atoms with Crippen LogP contribution in [0, 0.1) is 5.41 Å². The number of carbonyl (C=O) groups excluding carboxylic acids is 1. The van der Waals surface area contributed by atoms with Crippen LogP contribution in [0.15, 0.2) is 12.1 Å². The molecule has 1 aliphatic heterocycles. The third kappa shape index (κ3) is 3.58. The van der Waals surface area contributed by atoms with Crippen molar-refractivity contribution in [3.63, 3.8) is 0 Å². The fourth-order valence-corrected chi connectivity index (χ4v) is 2.31. The molecule has 6 heteroatoms. The van der Waals surface area contributed by atoms with E-state index in [0.29, 0.717) is 23.5 Å². The number of aliphatic hydroxyl groups is 1. The van der Waals surface area contributed by atoms with Crippen molar-refractivity contribution in [2.24, 2.45) is 5.41 Å². The van der Waals surface area contributed by atoms with E-state index < -0.39 is 0 Å². The Morgan fingerprint density at radius 2 is 2.19 bits per heavy atom. The second-order valence-electron chi connectivity index (χ2n) is 6.35. The van der Waals surface area contributed by atoms with Crippen LogP contribution in [-0.4, -0.2) is 30.3 Å². The van der Waals surface area contributed by atoms with Gasteiger partial charge in [-0.2, -0.15) is 0 Å². The van der Waals surface area contributed by atoms with Crippen molar-refractivity contribution in [1.29, 1.82) is 0 Å². The van der Waals surface area contributed by atoms with Crippen LogP contribution in [0.25, 0.3) is 0 Å². The van der Waals surface area contributed by atoms with Gasteiger partial charge in [-0.15, -0.1) is 0 Å². The highest BCUT2D eigenvalue weighted by Gasteiger charge is 2.25. The Balaban J connectivity index is 2.27. The first kappa shape index (κ1) is 15.4. The number of hydrogen-bond acceptors (Lipinski definition) is 5. The lowest BCUT2D eigenvalue weighted by Crippen LogP contribution is -2.35. The maximum Gasteiger partial charge on any atom is 0.262 e. The molecule has 0 spiro atoms. The average molecular weight is 293 g/mol. The number of hydrogen-bond donors (Lipinski definition) is 4. The molecule has 1 heterocycles. The number of carbonyl (C=O) groups is 1. The molecule has 0 radical (unpaired) electrons. The zero-order valence-corrected chi connectivity index (χ0v) is 12.7. The van der Waals surface area contributed by atoms with E-state index in [9.17, 15) is 9.90 Å². The van der Waals surface area contributed by atoms with Gasteiger partial charge in [-0.1, -0.05) is 20.8 Å². The lowest BCUT2D eigenvalue weighted by molar-refractivity contribution is -0.118. The van der Waals surface area contributed by atoms with E-state index in [4.69, 9.17) is 10.5 Å². The summed E-state index contributed by atoms with van der Waals surface area (Å²) in [6, 6.07) is 3.54. The average Bonchev–Trinajstić information content (AvgIpc) is 2.38. The van der Waals surface area contributed by atoms with Gasteiger partial charge in [-0.3, -0.25) is 4.79 Å². The molecule has 0 aromatic heterocycles. The summed E-state index contributed by atoms with van der Waals surface area (Å²) < 4.78 is 5.33. The van der Waals surface area contributed by atoms with Crippen LogP contribution >= 0.6 is 0 Å². The van der Waals surface area contributed by atoms with Crippen molar-refractivity contribution < 1.29 is 14.6 Å². The number of ether oxygens (including phenoxy) is 1. The van der Waals surface area contributed by atoms with Gasteiger partial charge in [-0.25, -0.2) is 0 Å². The molecule has 0 saturated carbocycles. The number of fused-ring (bicyclic) bond motifs is 1. The zero-order valence-electron chi connectivity index (χ0n) is 12.7. The van der Waals surface area contributed by atoms with Crippen LogP contribution in [0.2, 0.25) is 0 Å². The topological polar surface area (TPSA) is 96.6 Å². The molecule has 0 fully saturated rings. The summed E-state index contributed by atoms with van der Waals surface area (Å²) in [5.74, 6) is 0.396. The first-order valence-electron chi connectivity index (χ1n) is 7.05. The van der Waals surface area contributed by atoms with E-state index in [0.717, 1.165) is 5.69 Å². The molecule has 1 unspecified atom stereocenters. The molecule has 5 N–H and O–H groups in total. The molecule has 116 valence electrons. The predicted octanol–water partition coefficient (Wildman–Crippen LogP) is 1.81. The van der Waals surface area contributed by atoms with E-state index in [1.807, 2.05) is 0 Å². The Morgan fingerprint density at radius 3 is 2.81 bits per heavy atom. The molecule has 1 aromatic rings. The number of aliphatic hydroxyl groups excluding tert-OH is 1. The maximum atomic E-state index is 11.4. The summed E-state index contributed by atoms with van der Waals surface area (Å²) >= 11 is 0. The van der Waals surface area contributed by atoms with Gasteiger partial charge in [0.1, 0.15) is 5.75 Å². The highest BCUT2D eigenvalue weighted by atomic mass is 16.5. The SMILES string of the molecule is CC(C)(C)C(CCO)Nc1cc2c(cc1N)OCC(=O)N2. The lowest BCUT2D eigenvalue weighted by atomic mass is 9.84. The number of amides is 1. The molecular weight excluding hydrogens is 270 g/mol. The van der Waals surface area contributed by atoms with E-state index in [1.54, 1.807) is 12.1 Å². The number of benzene rings is 1. The second kappa shape index (κ2) is 5.81. The van der Waals surface area contributed by atoms with Gasteiger partial charge >= 0.3 is 0 Å². The van der Waals surface area contributed by atoms with Gasteiger partial charge in [0.25, 0.3) is 5.91 Å². The monoisotopic (exact) mass is 293 g/mol. The van der Waals surface area contributed by atoms with Gasteiger partial charge in [0.05, 0.1) is 17.1 Å². The van der Waals surface area contributed by atoms with Gasteiger partial charge in [0.2, 0.25) is 0 Å². The van der Waals surface area contributed by atoms with E-state index >= 15 is 0 Å². The zero-order chi connectivity index (χ0) is 15.6. The Labute approximate surface area is 124 Å². The van der Waals surface area contributed by atoms with E-state index in [1.165, 1.54) is 0 Å². The molecule has 0 saturated heterocycles. The minimum absolute atomic E-state index is 0.00828. The van der Waals surface area contributed by atoms with Crippen LogP contribution in [-0.2, 0) is 4.79 Å². The largest absolute Gasteiger partial charge is 0.482 e. The number of nitrogen functional groups attached to an aromatic ring is 1. The highest BCUT2D eigenvalue weighted by Crippen LogP contribution is 2.37. The van der Waals surface area contributed by atoms with Crippen molar-refractivity contribution in [2.75, 3.05) is 29.6 Å². The fraction of sp³-hybridized carbons (Fsp3) is 0.533. The van der Waals surface area contributed by atoms with Crippen molar-refractivity contribution >= 4 is 23.0 Å². The van der Waals surface area contributed by atoms with Gasteiger partial charge < -0.3 is 26.2 Å². The van der Waals surface area contributed by atoms with E-state index in [2.05, 4.69) is 31.4 Å². The summed E-state index contributed by atoms with van der Waals surface area (Å²) in [5, 5.41) is 15.3. The molecule has 1 aliphatic rings.